The Kier molecular flexibility index (Phi) is 8.03. The van der Waals surface area contributed by atoms with Gasteiger partial charge >= 0.3 is 11.9 Å². The average molecular weight is 524 g/mol. The first-order chi connectivity index (χ1) is 18.4. The molecular weight excluding hydrogens is 483 g/mol. The molecule has 1 unspecified atom stereocenters. The summed E-state index contributed by atoms with van der Waals surface area (Å²) >= 11 is 0. The number of hydrogen-bond acceptors (Lipinski definition) is 4. The summed E-state index contributed by atoms with van der Waals surface area (Å²) in [7, 11) is 0. The van der Waals surface area contributed by atoms with Gasteiger partial charge in [-0.1, -0.05) is 62.1 Å². The van der Waals surface area contributed by atoms with Crippen molar-refractivity contribution in [2.45, 2.75) is 69.8 Å². The van der Waals surface area contributed by atoms with Crippen LogP contribution < -0.4 is 4.84 Å². The van der Waals surface area contributed by atoms with Gasteiger partial charge in [0.25, 0.3) is 0 Å². The Hall–Kier alpha value is -2.93. The van der Waals surface area contributed by atoms with Crippen LogP contribution in [0.15, 0.2) is 54.6 Å². The third-order valence-electron chi connectivity index (χ3n) is 9.02. The van der Waals surface area contributed by atoms with Crippen LogP contribution >= 0.6 is 0 Å². The van der Waals surface area contributed by atoms with Crippen LogP contribution in [0.3, 0.4) is 0 Å². The molecule has 0 spiro atoms. The number of carbonyl (C=O) groups is 2. The van der Waals surface area contributed by atoms with Crippen LogP contribution in [0, 0.1) is 11.7 Å². The van der Waals surface area contributed by atoms with Gasteiger partial charge in [-0.2, -0.15) is 5.06 Å². The number of nitrogens with zero attached hydrogens (tertiary/aromatic N) is 2. The maximum atomic E-state index is 14.0. The van der Waals surface area contributed by atoms with Gasteiger partial charge in [0.15, 0.2) is 18.4 Å². The number of benzene rings is 2. The summed E-state index contributed by atoms with van der Waals surface area (Å²) in [6.45, 7) is 4.94. The monoisotopic (exact) mass is 523 g/mol. The first-order valence-electron chi connectivity index (χ1n) is 14.3. The lowest BCUT2D eigenvalue weighted by Crippen LogP contribution is -2.67. The van der Waals surface area contributed by atoms with E-state index >= 15 is 0 Å². The van der Waals surface area contributed by atoms with Gasteiger partial charge in [0.2, 0.25) is 0 Å². The van der Waals surface area contributed by atoms with E-state index in [0.717, 1.165) is 70.0 Å². The molecule has 3 aliphatic heterocycles. The first-order valence-corrected chi connectivity index (χ1v) is 14.3. The molecule has 1 saturated carbocycles. The van der Waals surface area contributed by atoms with Crippen LogP contribution in [0.25, 0.3) is 0 Å². The van der Waals surface area contributed by atoms with E-state index in [-0.39, 0.29) is 24.5 Å². The highest BCUT2D eigenvalue weighted by Gasteiger charge is 2.51. The number of amides is 1. The summed E-state index contributed by atoms with van der Waals surface area (Å²) < 4.78 is 20.7. The van der Waals surface area contributed by atoms with Crippen molar-refractivity contribution in [1.82, 2.24) is 5.06 Å². The second kappa shape index (κ2) is 11.4. The van der Waals surface area contributed by atoms with Crippen molar-refractivity contribution >= 4 is 11.9 Å². The number of fused-ring (bicyclic) bond motifs is 3. The predicted octanol–water partition coefficient (Wildman–Crippen LogP) is 5.41. The molecule has 1 amide bonds. The van der Waals surface area contributed by atoms with Gasteiger partial charge < -0.3 is 14.1 Å². The van der Waals surface area contributed by atoms with Crippen LogP contribution in [-0.2, 0) is 19.7 Å². The van der Waals surface area contributed by atoms with Crippen molar-refractivity contribution in [1.29, 1.82) is 0 Å². The predicted molar refractivity (Wildman–Crippen MR) is 143 cm³/mol. The topological polar surface area (TPSA) is 55.8 Å². The molecule has 2 bridgehead atoms. The van der Waals surface area contributed by atoms with Gasteiger partial charge in [0.05, 0.1) is 25.0 Å². The quantitative estimate of drug-likeness (QED) is 0.201. The second-order valence-corrected chi connectivity index (χ2v) is 11.4. The Morgan fingerprint density at radius 2 is 1.71 bits per heavy atom. The molecule has 1 atom stereocenters. The van der Waals surface area contributed by atoms with Gasteiger partial charge in [-0.05, 0) is 37.5 Å². The Labute approximate surface area is 225 Å². The summed E-state index contributed by atoms with van der Waals surface area (Å²) in [5.41, 5.74) is 0.489. The Bertz CT molecular complexity index is 1110. The molecule has 6 rings (SSSR count). The molecule has 2 aromatic rings. The summed E-state index contributed by atoms with van der Waals surface area (Å²) in [6, 6.07) is 16.0. The number of piperidine rings is 3. The van der Waals surface area contributed by atoms with Crippen molar-refractivity contribution in [3.05, 3.63) is 66.0 Å². The number of carbonyl (C=O) groups excluding carboxylic acids is 2. The van der Waals surface area contributed by atoms with Crippen molar-refractivity contribution in [2.75, 3.05) is 32.7 Å². The number of hydrogen-bond donors (Lipinski definition) is 0. The number of likely N-dealkylation sites (N-methyl/N-ethyl adjacent to an activating group) is 1. The minimum atomic E-state index is -0.581. The molecule has 0 N–H and O–H groups in total. The maximum absolute atomic E-state index is 14.0. The van der Waals surface area contributed by atoms with E-state index < -0.39 is 11.2 Å². The fourth-order valence-corrected chi connectivity index (χ4v) is 6.84. The standard InChI is InChI=1S/C31H40FN2O4/c1-2-33(38-27-14-10-13-26(32)21-27)29(35)23-34-19-15-24(16-20-34)28(22-34)37-30(36)31(17-8-3-4-9-18-31)25-11-6-5-7-12-25/h5-7,10-14,21,24,28H,2-4,8-9,15-20,22-23H2,1H3/q+1. The molecule has 38 heavy (non-hydrogen) atoms. The van der Waals surface area contributed by atoms with Crippen molar-refractivity contribution in [3.8, 4) is 5.75 Å². The van der Waals surface area contributed by atoms with E-state index in [0.29, 0.717) is 29.2 Å². The van der Waals surface area contributed by atoms with Crippen LogP contribution in [0.5, 0.6) is 5.75 Å². The van der Waals surface area contributed by atoms with E-state index in [9.17, 15) is 14.0 Å². The Balaban J connectivity index is 1.29. The highest BCUT2D eigenvalue weighted by molar-refractivity contribution is 5.83. The van der Waals surface area contributed by atoms with Gasteiger partial charge in [0.1, 0.15) is 12.4 Å². The number of quaternary nitrogens is 1. The molecular formula is C31H40FN2O4+. The van der Waals surface area contributed by atoms with E-state index in [4.69, 9.17) is 9.57 Å². The fraction of sp³-hybridized carbons (Fsp3) is 0.548. The molecule has 2 aromatic carbocycles. The van der Waals surface area contributed by atoms with Crippen LogP contribution in [0.2, 0.25) is 0 Å². The number of rotatable bonds is 8. The van der Waals surface area contributed by atoms with Gasteiger partial charge in [-0.3, -0.25) is 9.59 Å². The van der Waals surface area contributed by atoms with E-state index in [1.54, 1.807) is 12.1 Å². The van der Waals surface area contributed by atoms with Crippen LogP contribution in [0.1, 0.15) is 63.9 Å². The third kappa shape index (κ3) is 5.58. The summed E-state index contributed by atoms with van der Waals surface area (Å²) in [5.74, 6) is 0.0280. The molecule has 3 saturated heterocycles. The number of esters is 1. The zero-order valence-electron chi connectivity index (χ0n) is 22.4. The largest absolute Gasteiger partial charge is 0.455 e. The normalized spacial score (nSPS) is 26.3. The number of ether oxygens (including phenoxy) is 1. The summed E-state index contributed by atoms with van der Waals surface area (Å²) in [6.07, 6.45) is 7.74. The lowest BCUT2D eigenvalue weighted by Gasteiger charge is -2.52. The smallest absolute Gasteiger partial charge is 0.317 e. The second-order valence-electron chi connectivity index (χ2n) is 11.4. The minimum Gasteiger partial charge on any atom is -0.455 e. The van der Waals surface area contributed by atoms with Crippen molar-refractivity contribution in [3.63, 3.8) is 0 Å². The molecule has 4 aliphatic rings. The molecule has 7 heteroatoms. The maximum Gasteiger partial charge on any atom is 0.317 e. The SMILES string of the molecule is CCN(Oc1cccc(F)c1)C(=O)C[N+]12CCC(CC1)C(OC(=O)C1(c3ccccc3)CCCCCC1)C2. The average Bonchev–Trinajstić information content (AvgIpc) is 3.20. The van der Waals surface area contributed by atoms with Crippen LogP contribution in [0.4, 0.5) is 4.39 Å². The molecule has 0 radical (unpaired) electrons. The highest BCUT2D eigenvalue weighted by Crippen LogP contribution is 2.42. The molecule has 204 valence electrons. The molecule has 1 aliphatic carbocycles. The molecule has 0 aromatic heterocycles. The van der Waals surface area contributed by atoms with E-state index in [1.165, 1.54) is 17.2 Å². The lowest BCUT2D eigenvalue weighted by atomic mass is 9.74. The number of halogens is 1. The summed E-state index contributed by atoms with van der Waals surface area (Å²) in [5, 5.41) is 1.32. The van der Waals surface area contributed by atoms with Gasteiger partial charge in [-0.25, -0.2) is 4.39 Å². The number of hydroxylamine groups is 2. The molecule has 6 nitrogen and oxygen atoms in total. The van der Waals surface area contributed by atoms with Crippen molar-refractivity contribution < 1.29 is 28.0 Å². The van der Waals surface area contributed by atoms with Crippen LogP contribution in [-0.4, -0.2) is 60.3 Å². The molecule has 3 heterocycles. The lowest BCUT2D eigenvalue weighted by molar-refractivity contribution is -0.939. The Morgan fingerprint density at radius 3 is 2.37 bits per heavy atom. The zero-order valence-corrected chi connectivity index (χ0v) is 22.4. The third-order valence-corrected chi connectivity index (χ3v) is 9.02. The van der Waals surface area contributed by atoms with E-state index in [2.05, 4.69) is 12.1 Å². The zero-order chi connectivity index (χ0) is 26.6. The highest BCUT2D eigenvalue weighted by atomic mass is 19.1. The van der Waals surface area contributed by atoms with Crippen molar-refractivity contribution in [2.24, 2.45) is 5.92 Å². The molecule has 4 fully saturated rings. The first kappa shape index (κ1) is 26.7. The fourth-order valence-electron chi connectivity index (χ4n) is 6.84. The van der Waals surface area contributed by atoms with E-state index in [1.807, 2.05) is 25.1 Å². The summed E-state index contributed by atoms with van der Waals surface area (Å²) in [4.78, 5) is 33.1. The Morgan fingerprint density at radius 1 is 1.00 bits per heavy atom. The van der Waals surface area contributed by atoms with Gasteiger partial charge in [-0.15, -0.1) is 0 Å². The minimum absolute atomic E-state index is 0.0848. The van der Waals surface area contributed by atoms with Gasteiger partial charge in [0, 0.05) is 24.8 Å².